The monoisotopic (exact) mass is 244 g/mol. The van der Waals surface area contributed by atoms with Crippen molar-refractivity contribution in [3.8, 4) is 6.07 Å². The summed E-state index contributed by atoms with van der Waals surface area (Å²) in [5, 5.41) is 17.8. The highest BCUT2D eigenvalue weighted by molar-refractivity contribution is 6.47. The van der Waals surface area contributed by atoms with Gasteiger partial charge in [0.2, 0.25) is 5.71 Å². The fourth-order valence-electron chi connectivity index (χ4n) is 0.979. The highest BCUT2D eigenvalue weighted by Crippen LogP contribution is 2.09. The minimum Gasteiger partial charge on any atom is -0.398 e. The van der Waals surface area contributed by atoms with E-state index in [-0.39, 0.29) is 17.7 Å². The molecule has 0 spiro atoms. The van der Waals surface area contributed by atoms with Gasteiger partial charge in [-0.25, -0.2) is 0 Å². The first-order chi connectivity index (χ1) is 7.71. The summed E-state index contributed by atoms with van der Waals surface area (Å²) in [7, 11) is 1.24. The molecule has 1 amide bonds. The Kier molecular flexibility index (Phi) is 4.54. The van der Waals surface area contributed by atoms with Crippen molar-refractivity contribution in [1.29, 1.82) is 5.26 Å². The molecule has 0 radical (unpaired) electrons. The molecule has 0 aromatic rings. The molecule has 86 valence electrons. The molecule has 1 aliphatic rings. The van der Waals surface area contributed by atoms with Crippen molar-refractivity contribution >= 4 is 29.1 Å². The Balaban J connectivity index is 2.53. The summed E-state index contributed by atoms with van der Waals surface area (Å²) in [6.45, 7) is 0. The maximum Gasteiger partial charge on any atom is 0.289 e. The third-order valence-corrected chi connectivity index (χ3v) is 2.01. The van der Waals surface area contributed by atoms with Crippen LogP contribution in [0.3, 0.4) is 0 Å². The molecule has 0 saturated heterocycles. The van der Waals surface area contributed by atoms with Crippen molar-refractivity contribution < 1.29 is 14.5 Å². The largest absolute Gasteiger partial charge is 0.398 e. The highest BCUT2D eigenvalue weighted by atomic mass is 35.5. The number of amidine groups is 1. The highest BCUT2D eigenvalue weighted by Gasteiger charge is 2.23. The number of rotatable bonds is 3. The van der Waals surface area contributed by atoms with Crippen molar-refractivity contribution in [3.05, 3.63) is 0 Å². The number of nitriles is 1. The Morgan fingerprint density at radius 1 is 1.94 bits per heavy atom. The molecular formula is C8H9ClN4O3. The van der Waals surface area contributed by atoms with Gasteiger partial charge in [-0.05, 0) is 0 Å². The van der Waals surface area contributed by atoms with Gasteiger partial charge < -0.3 is 15.0 Å². The number of carbonyl (C=O) groups is 1. The summed E-state index contributed by atoms with van der Waals surface area (Å²) in [6.07, 6.45) is 0.142. The first-order valence-electron chi connectivity index (χ1n) is 4.32. The van der Waals surface area contributed by atoms with E-state index in [1.54, 1.807) is 6.07 Å². The second-order valence-electron chi connectivity index (χ2n) is 2.81. The minimum absolute atomic E-state index is 0.248. The van der Waals surface area contributed by atoms with Crippen LogP contribution in [0, 0.1) is 11.3 Å². The average molecular weight is 245 g/mol. The molecule has 0 aromatic carbocycles. The standard InChI is InChI=1S/C8H9ClN4O3/c1-15-12-6(4-10)8(14)11-7-2-5(3-9)16-13-7/h5H,2-3H2,1H3,(H,11,13,14)/b12-6+. The van der Waals surface area contributed by atoms with Gasteiger partial charge in [-0.1, -0.05) is 10.3 Å². The molecule has 1 heterocycles. The Bertz CT molecular complexity index is 374. The lowest BCUT2D eigenvalue weighted by atomic mass is 10.2. The van der Waals surface area contributed by atoms with Crippen LogP contribution in [0.4, 0.5) is 0 Å². The number of hydrogen-bond donors (Lipinski definition) is 1. The maximum atomic E-state index is 11.4. The molecule has 1 aliphatic heterocycles. The van der Waals surface area contributed by atoms with E-state index in [1.807, 2.05) is 0 Å². The van der Waals surface area contributed by atoms with Crippen LogP contribution in [0.5, 0.6) is 0 Å². The van der Waals surface area contributed by atoms with Crippen molar-refractivity contribution in [1.82, 2.24) is 5.32 Å². The van der Waals surface area contributed by atoms with Crippen LogP contribution < -0.4 is 5.32 Å². The normalized spacial score (nSPS) is 19.4. The Labute approximate surface area is 96.6 Å². The Hall–Kier alpha value is -1.81. The number of hydrogen-bond acceptors (Lipinski definition) is 6. The molecule has 1 unspecified atom stereocenters. The van der Waals surface area contributed by atoms with E-state index >= 15 is 0 Å². The van der Waals surface area contributed by atoms with Gasteiger partial charge in [0, 0.05) is 0 Å². The summed E-state index contributed by atoms with van der Waals surface area (Å²) in [5.74, 6) is -0.100. The molecule has 8 heteroatoms. The molecule has 0 fully saturated rings. The molecule has 1 atom stereocenters. The van der Waals surface area contributed by atoms with Gasteiger partial charge >= 0.3 is 0 Å². The number of carbonyl (C=O) groups excluding carboxylic acids is 1. The van der Waals surface area contributed by atoms with Crippen LogP contribution >= 0.6 is 11.6 Å². The first kappa shape index (κ1) is 12.3. The van der Waals surface area contributed by atoms with Crippen molar-refractivity contribution in [2.45, 2.75) is 12.5 Å². The molecule has 0 aliphatic carbocycles. The zero-order valence-corrected chi connectivity index (χ0v) is 9.19. The second kappa shape index (κ2) is 5.92. The number of alkyl halides is 1. The predicted molar refractivity (Wildman–Crippen MR) is 55.8 cm³/mol. The van der Waals surface area contributed by atoms with Crippen molar-refractivity contribution in [2.75, 3.05) is 13.0 Å². The molecule has 0 bridgehead atoms. The van der Waals surface area contributed by atoms with Gasteiger partial charge in [0.1, 0.15) is 19.3 Å². The molecular weight excluding hydrogens is 236 g/mol. The van der Waals surface area contributed by atoms with Gasteiger partial charge in [-0.3, -0.25) is 4.79 Å². The van der Waals surface area contributed by atoms with E-state index in [0.29, 0.717) is 12.3 Å². The van der Waals surface area contributed by atoms with Gasteiger partial charge in [-0.2, -0.15) is 5.26 Å². The Morgan fingerprint density at radius 2 is 2.69 bits per heavy atom. The van der Waals surface area contributed by atoms with E-state index in [0.717, 1.165) is 0 Å². The molecule has 0 saturated carbocycles. The molecule has 16 heavy (non-hydrogen) atoms. The van der Waals surface area contributed by atoms with Crippen molar-refractivity contribution in [3.63, 3.8) is 0 Å². The maximum absolute atomic E-state index is 11.4. The van der Waals surface area contributed by atoms with Gasteiger partial charge in [-0.15, -0.1) is 11.6 Å². The summed E-state index contributed by atoms with van der Waals surface area (Å²) >= 11 is 5.54. The fraction of sp³-hybridized carbons (Fsp3) is 0.500. The lowest BCUT2D eigenvalue weighted by Crippen LogP contribution is -2.35. The lowest BCUT2D eigenvalue weighted by Gasteiger charge is -2.01. The molecule has 1 N–H and O–H groups in total. The van der Waals surface area contributed by atoms with Crippen LogP contribution in [0.2, 0.25) is 0 Å². The smallest absolute Gasteiger partial charge is 0.289 e. The number of amides is 1. The van der Waals surface area contributed by atoms with E-state index in [2.05, 4.69) is 20.5 Å². The van der Waals surface area contributed by atoms with E-state index in [4.69, 9.17) is 21.7 Å². The molecule has 7 nitrogen and oxygen atoms in total. The third-order valence-electron chi connectivity index (χ3n) is 1.67. The summed E-state index contributed by atoms with van der Waals surface area (Å²) < 4.78 is 0. The van der Waals surface area contributed by atoms with Gasteiger partial charge in [0.05, 0.1) is 12.3 Å². The van der Waals surface area contributed by atoms with Crippen LogP contribution in [0.1, 0.15) is 6.42 Å². The van der Waals surface area contributed by atoms with Crippen LogP contribution in [-0.2, 0) is 14.5 Å². The predicted octanol–water partition coefficient (Wildman–Crippen LogP) is -0.0302. The lowest BCUT2D eigenvalue weighted by molar-refractivity contribution is -0.113. The van der Waals surface area contributed by atoms with E-state index in [9.17, 15) is 4.79 Å². The van der Waals surface area contributed by atoms with Crippen LogP contribution in [-0.4, -0.2) is 36.5 Å². The van der Waals surface area contributed by atoms with Crippen LogP contribution in [0.25, 0.3) is 0 Å². The first-order valence-corrected chi connectivity index (χ1v) is 4.86. The SMILES string of the molecule is CO/N=C(\C#N)C(=O)NC1=NOC(CCl)C1. The summed E-state index contributed by atoms with van der Waals surface area (Å²) in [6, 6.07) is 1.59. The number of oxime groups is 2. The second-order valence-corrected chi connectivity index (χ2v) is 3.12. The summed E-state index contributed by atoms with van der Waals surface area (Å²) in [4.78, 5) is 20.6. The number of nitrogens with one attached hydrogen (secondary N) is 1. The van der Waals surface area contributed by atoms with Gasteiger partial charge in [0.15, 0.2) is 5.84 Å². The number of nitrogens with zero attached hydrogens (tertiary/aromatic N) is 3. The Morgan fingerprint density at radius 3 is 3.19 bits per heavy atom. The van der Waals surface area contributed by atoms with E-state index < -0.39 is 5.91 Å². The summed E-state index contributed by atoms with van der Waals surface area (Å²) in [5.41, 5.74) is -0.389. The van der Waals surface area contributed by atoms with E-state index in [1.165, 1.54) is 7.11 Å². The van der Waals surface area contributed by atoms with Gasteiger partial charge in [0.25, 0.3) is 5.91 Å². The quantitative estimate of drug-likeness (QED) is 0.428. The molecule has 0 aromatic heterocycles. The number of halogens is 1. The fourth-order valence-corrected chi connectivity index (χ4v) is 1.14. The van der Waals surface area contributed by atoms with Crippen molar-refractivity contribution in [2.24, 2.45) is 10.3 Å². The molecule has 1 rings (SSSR count). The van der Waals surface area contributed by atoms with Crippen LogP contribution in [0.15, 0.2) is 10.3 Å². The third kappa shape index (κ3) is 3.10. The zero-order valence-electron chi connectivity index (χ0n) is 8.44. The zero-order chi connectivity index (χ0) is 12.0. The minimum atomic E-state index is -0.693. The average Bonchev–Trinajstić information content (AvgIpc) is 2.73. The topological polar surface area (TPSA) is 96.1 Å².